The summed E-state index contributed by atoms with van der Waals surface area (Å²) in [7, 11) is 0. The summed E-state index contributed by atoms with van der Waals surface area (Å²) in [6, 6.07) is -4.50. The van der Waals surface area contributed by atoms with E-state index in [9.17, 15) is 29.4 Å². The molecular weight excluding hydrogens is 458 g/mol. The maximum absolute atomic E-state index is 13.1. The van der Waals surface area contributed by atoms with Gasteiger partial charge in [0.25, 0.3) is 0 Å². The summed E-state index contributed by atoms with van der Waals surface area (Å²) in [6.07, 6.45) is 0.0541. The Morgan fingerprint density at radius 2 is 1.49 bits per heavy atom. The lowest BCUT2D eigenvalue weighted by Crippen LogP contribution is -2.59. The van der Waals surface area contributed by atoms with Crippen LogP contribution in [0.2, 0.25) is 0 Å². The van der Waals surface area contributed by atoms with Crippen molar-refractivity contribution in [1.29, 1.82) is 0 Å². The van der Waals surface area contributed by atoms with Crippen LogP contribution >= 0.6 is 0 Å². The van der Waals surface area contributed by atoms with Crippen molar-refractivity contribution >= 4 is 29.7 Å². The summed E-state index contributed by atoms with van der Waals surface area (Å²) in [5.41, 5.74) is 16.3. The first-order valence-corrected chi connectivity index (χ1v) is 11.8. The zero-order chi connectivity index (χ0) is 27.3. The Morgan fingerprint density at radius 3 is 1.94 bits per heavy atom. The number of hydrogen-bond donors (Lipinski definition) is 8. The lowest BCUT2D eigenvalue weighted by Gasteiger charge is -2.28. The van der Waals surface area contributed by atoms with Crippen LogP contribution in [0.5, 0.6) is 0 Å². The first-order chi connectivity index (χ1) is 16.2. The van der Waals surface area contributed by atoms with Gasteiger partial charge in [-0.05, 0) is 38.0 Å². The van der Waals surface area contributed by atoms with E-state index < -0.39 is 54.0 Å². The van der Waals surface area contributed by atoms with Gasteiger partial charge in [-0.3, -0.25) is 19.4 Å². The van der Waals surface area contributed by atoms with E-state index in [1.807, 2.05) is 20.8 Å². The molecule has 0 aliphatic heterocycles. The number of hydrogen-bond acceptors (Lipinski definition) is 7. The van der Waals surface area contributed by atoms with Crippen LogP contribution in [-0.2, 0) is 19.2 Å². The fraction of sp³-hybridized carbons (Fsp3) is 0.773. The highest BCUT2D eigenvalue weighted by atomic mass is 16.4. The maximum atomic E-state index is 13.1. The van der Waals surface area contributed by atoms with Gasteiger partial charge in [0.05, 0.1) is 6.10 Å². The number of guanidine groups is 1. The molecule has 0 saturated heterocycles. The summed E-state index contributed by atoms with van der Waals surface area (Å²) in [5.74, 6) is -3.64. The van der Waals surface area contributed by atoms with Gasteiger partial charge in [-0.25, -0.2) is 4.79 Å². The summed E-state index contributed by atoms with van der Waals surface area (Å²) >= 11 is 0. The molecule has 0 spiro atoms. The minimum atomic E-state index is -1.24. The number of aliphatic hydroxyl groups excluding tert-OH is 1. The van der Waals surface area contributed by atoms with Crippen LogP contribution in [0.3, 0.4) is 0 Å². The number of carbonyl (C=O) groups is 4. The van der Waals surface area contributed by atoms with E-state index in [0.29, 0.717) is 12.8 Å². The van der Waals surface area contributed by atoms with Gasteiger partial charge in [-0.15, -0.1) is 0 Å². The van der Waals surface area contributed by atoms with E-state index in [2.05, 4.69) is 20.9 Å². The fourth-order valence-electron chi connectivity index (χ4n) is 3.17. The third kappa shape index (κ3) is 12.4. The molecule has 0 aliphatic rings. The molecule has 0 aromatic rings. The van der Waals surface area contributed by atoms with Gasteiger partial charge in [-0.1, -0.05) is 34.1 Å². The highest BCUT2D eigenvalue weighted by molar-refractivity contribution is 5.94. The van der Waals surface area contributed by atoms with Crippen LogP contribution in [-0.4, -0.2) is 76.7 Å². The van der Waals surface area contributed by atoms with E-state index in [4.69, 9.17) is 17.2 Å². The van der Waals surface area contributed by atoms with Gasteiger partial charge in [0.15, 0.2) is 5.96 Å². The monoisotopic (exact) mass is 501 g/mol. The smallest absolute Gasteiger partial charge is 0.326 e. The molecule has 0 fully saturated rings. The van der Waals surface area contributed by atoms with Crippen LogP contribution in [0, 0.1) is 11.8 Å². The Labute approximate surface area is 206 Å². The highest BCUT2D eigenvalue weighted by Gasteiger charge is 2.33. The number of rotatable bonds is 16. The molecule has 11 N–H and O–H groups in total. The number of aliphatic carboxylic acids is 1. The lowest BCUT2D eigenvalue weighted by molar-refractivity contribution is -0.143. The van der Waals surface area contributed by atoms with Crippen molar-refractivity contribution in [1.82, 2.24) is 16.0 Å². The predicted molar refractivity (Wildman–Crippen MR) is 132 cm³/mol. The topological polar surface area (TPSA) is 235 Å². The van der Waals surface area contributed by atoms with Crippen molar-refractivity contribution < 1.29 is 29.4 Å². The van der Waals surface area contributed by atoms with Crippen molar-refractivity contribution in [2.75, 3.05) is 6.54 Å². The number of carboxylic acid groups (broad SMARTS) is 1. The second-order valence-electron chi connectivity index (χ2n) is 9.18. The maximum Gasteiger partial charge on any atom is 0.326 e. The summed E-state index contributed by atoms with van der Waals surface area (Å²) in [4.78, 5) is 53.9. The molecule has 6 unspecified atom stereocenters. The SMILES string of the molecule is CCC(C)C(NC(=O)C(N)C(C)O)C(=O)NC(CCCN=C(N)N)C(=O)NC(CC(C)C)C(=O)O. The minimum absolute atomic E-state index is 0.00873. The summed E-state index contributed by atoms with van der Waals surface area (Å²) < 4.78 is 0. The fourth-order valence-corrected chi connectivity index (χ4v) is 3.17. The zero-order valence-corrected chi connectivity index (χ0v) is 21.3. The van der Waals surface area contributed by atoms with Crippen molar-refractivity contribution in [3.8, 4) is 0 Å². The van der Waals surface area contributed by atoms with E-state index in [-0.39, 0.29) is 37.2 Å². The molecule has 13 heteroatoms. The summed E-state index contributed by atoms with van der Waals surface area (Å²) in [5, 5.41) is 26.7. The number of amides is 3. The predicted octanol–water partition coefficient (Wildman–Crippen LogP) is -1.62. The normalized spacial score (nSPS) is 16.2. The van der Waals surface area contributed by atoms with Crippen LogP contribution in [0.1, 0.15) is 60.3 Å². The van der Waals surface area contributed by atoms with Gasteiger partial charge in [0.1, 0.15) is 24.2 Å². The van der Waals surface area contributed by atoms with Gasteiger partial charge >= 0.3 is 5.97 Å². The molecule has 3 amide bonds. The second kappa shape index (κ2) is 15.9. The zero-order valence-electron chi connectivity index (χ0n) is 21.3. The van der Waals surface area contributed by atoms with E-state index in [1.54, 1.807) is 6.92 Å². The average Bonchev–Trinajstić information content (AvgIpc) is 2.76. The molecule has 202 valence electrons. The minimum Gasteiger partial charge on any atom is -0.480 e. The van der Waals surface area contributed by atoms with Crippen LogP contribution in [0.25, 0.3) is 0 Å². The third-order valence-electron chi connectivity index (χ3n) is 5.52. The second-order valence-corrected chi connectivity index (χ2v) is 9.18. The first kappa shape index (κ1) is 32.1. The van der Waals surface area contributed by atoms with Crippen molar-refractivity contribution in [3.05, 3.63) is 0 Å². The van der Waals surface area contributed by atoms with Gasteiger partial charge in [0, 0.05) is 6.54 Å². The molecule has 0 aliphatic carbocycles. The molecule has 0 radical (unpaired) electrons. The van der Waals surface area contributed by atoms with E-state index >= 15 is 0 Å². The molecular formula is C22H43N7O6. The Balaban J connectivity index is 5.69. The number of aliphatic hydroxyl groups is 1. The summed E-state index contributed by atoms with van der Waals surface area (Å²) in [6.45, 7) is 8.78. The van der Waals surface area contributed by atoms with Crippen molar-refractivity contribution in [3.63, 3.8) is 0 Å². The Kier molecular flexibility index (Phi) is 14.5. The largest absolute Gasteiger partial charge is 0.480 e. The standard InChI is InChI=1S/C22H43N7O6/c1-6-12(4)17(29-19(32)16(23)13(5)30)20(33)27-14(8-7-9-26-22(24)25)18(31)28-15(21(34)35)10-11(2)3/h11-17,30H,6-10,23H2,1-5H3,(H,27,33)(H,28,31)(H,29,32)(H,34,35)(H4,24,25,26). The van der Waals surface area contributed by atoms with Crippen LogP contribution in [0.4, 0.5) is 0 Å². The van der Waals surface area contributed by atoms with Crippen molar-refractivity contribution in [2.24, 2.45) is 34.0 Å². The Hall–Kier alpha value is -2.93. The number of carboxylic acids is 1. The molecule has 0 heterocycles. The molecule has 0 aromatic carbocycles. The van der Waals surface area contributed by atoms with Crippen molar-refractivity contribution in [2.45, 2.75) is 90.6 Å². The van der Waals surface area contributed by atoms with Gasteiger partial charge in [-0.2, -0.15) is 0 Å². The number of aliphatic imine (C=N–C) groups is 1. The number of carbonyl (C=O) groups excluding carboxylic acids is 3. The average molecular weight is 502 g/mol. The Bertz CT molecular complexity index is 740. The van der Waals surface area contributed by atoms with Crippen LogP contribution < -0.4 is 33.2 Å². The van der Waals surface area contributed by atoms with Crippen LogP contribution in [0.15, 0.2) is 4.99 Å². The molecule has 13 nitrogen and oxygen atoms in total. The first-order valence-electron chi connectivity index (χ1n) is 11.8. The van der Waals surface area contributed by atoms with E-state index in [0.717, 1.165) is 0 Å². The quantitative estimate of drug-likeness (QED) is 0.0688. The number of nitrogens with one attached hydrogen (secondary N) is 3. The highest BCUT2D eigenvalue weighted by Crippen LogP contribution is 2.11. The van der Waals surface area contributed by atoms with Gasteiger partial charge < -0.3 is 43.4 Å². The van der Waals surface area contributed by atoms with E-state index in [1.165, 1.54) is 6.92 Å². The molecule has 35 heavy (non-hydrogen) atoms. The molecule has 6 atom stereocenters. The third-order valence-corrected chi connectivity index (χ3v) is 5.52. The molecule has 0 aromatic heterocycles. The number of nitrogens with two attached hydrogens (primary N) is 3. The molecule has 0 rings (SSSR count). The molecule has 0 bridgehead atoms. The molecule has 0 saturated carbocycles. The lowest BCUT2D eigenvalue weighted by atomic mass is 9.96. The van der Waals surface area contributed by atoms with Gasteiger partial charge in [0.2, 0.25) is 17.7 Å². The number of nitrogens with zero attached hydrogens (tertiary/aromatic N) is 1. The Morgan fingerprint density at radius 1 is 0.914 bits per heavy atom.